The van der Waals surface area contributed by atoms with Crippen molar-refractivity contribution in [3.63, 3.8) is 0 Å². The highest BCUT2D eigenvalue weighted by atomic mass is 79.9. The summed E-state index contributed by atoms with van der Waals surface area (Å²) >= 11 is 3.39. The Morgan fingerprint density at radius 3 is 2.78 bits per heavy atom. The van der Waals surface area contributed by atoms with Gasteiger partial charge in [-0.25, -0.2) is 0 Å². The van der Waals surface area contributed by atoms with Crippen LogP contribution in [0.4, 0.5) is 0 Å². The Hall–Kier alpha value is -1.26. The molecule has 2 rings (SSSR count). The molecule has 4 heteroatoms. The molecule has 0 amide bonds. The number of aryl methyl sites for hydroxylation is 1. The van der Waals surface area contributed by atoms with Gasteiger partial charge in [-0.05, 0) is 37.3 Å². The Kier molecular flexibility index (Phi) is 4.44. The molecular weight excluding hydrogens is 296 g/mol. The van der Waals surface area contributed by atoms with E-state index in [4.69, 9.17) is 9.15 Å². The van der Waals surface area contributed by atoms with Crippen LogP contribution < -0.4 is 4.74 Å². The maximum Gasteiger partial charge on any atom is 0.120 e. The molecule has 1 unspecified atom stereocenters. The van der Waals surface area contributed by atoms with Crippen molar-refractivity contribution >= 4 is 15.9 Å². The Balaban J connectivity index is 1.99. The Bertz CT molecular complexity index is 507. The lowest BCUT2D eigenvalue weighted by molar-refractivity contribution is 0.189. The van der Waals surface area contributed by atoms with Crippen LogP contribution >= 0.6 is 15.9 Å². The SMILES string of the molecule is Cc1ccc(C(CO)COc2cccc(Br)c2)o1. The Morgan fingerprint density at radius 2 is 2.17 bits per heavy atom. The fourth-order valence-electron chi connectivity index (χ4n) is 1.65. The maximum absolute atomic E-state index is 9.37. The lowest BCUT2D eigenvalue weighted by atomic mass is 10.1. The van der Waals surface area contributed by atoms with Gasteiger partial charge in [0.05, 0.1) is 12.5 Å². The van der Waals surface area contributed by atoms with Crippen molar-refractivity contribution in [2.45, 2.75) is 12.8 Å². The number of rotatable bonds is 5. The van der Waals surface area contributed by atoms with Crippen LogP contribution in [0.3, 0.4) is 0 Å². The maximum atomic E-state index is 9.37. The summed E-state index contributed by atoms with van der Waals surface area (Å²) in [7, 11) is 0. The van der Waals surface area contributed by atoms with Crippen LogP contribution in [-0.4, -0.2) is 18.3 Å². The van der Waals surface area contributed by atoms with Crippen LogP contribution in [0.1, 0.15) is 17.4 Å². The molecule has 0 saturated heterocycles. The van der Waals surface area contributed by atoms with Gasteiger partial charge in [-0.3, -0.25) is 0 Å². The van der Waals surface area contributed by atoms with Crippen molar-refractivity contribution in [3.8, 4) is 5.75 Å². The highest BCUT2D eigenvalue weighted by molar-refractivity contribution is 9.10. The molecule has 0 aliphatic heterocycles. The van der Waals surface area contributed by atoms with E-state index in [0.717, 1.165) is 21.7 Å². The molecule has 1 aromatic heterocycles. The van der Waals surface area contributed by atoms with Crippen LogP contribution in [0.25, 0.3) is 0 Å². The monoisotopic (exact) mass is 310 g/mol. The van der Waals surface area contributed by atoms with Crippen molar-refractivity contribution in [1.82, 2.24) is 0 Å². The quantitative estimate of drug-likeness (QED) is 0.919. The first-order valence-corrected chi connectivity index (χ1v) is 6.54. The molecule has 0 saturated carbocycles. The van der Waals surface area contributed by atoms with Gasteiger partial charge in [0.25, 0.3) is 0 Å². The average Bonchev–Trinajstić information content (AvgIpc) is 2.77. The van der Waals surface area contributed by atoms with Gasteiger partial charge in [-0.2, -0.15) is 0 Å². The molecule has 18 heavy (non-hydrogen) atoms. The molecule has 0 bridgehead atoms. The Morgan fingerprint density at radius 1 is 1.33 bits per heavy atom. The van der Waals surface area contributed by atoms with Crippen molar-refractivity contribution < 1.29 is 14.3 Å². The molecule has 1 atom stereocenters. The fourth-order valence-corrected chi connectivity index (χ4v) is 2.03. The van der Waals surface area contributed by atoms with Crippen molar-refractivity contribution in [3.05, 3.63) is 52.4 Å². The molecule has 96 valence electrons. The molecule has 1 aromatic carbocycles. The Labute approximate surface area is 115 Å². The largest absolute Gasteiger partial charge is 0.493 e. The van der Waals surface area contributed by atoms with Gasteiger partial charge in [0, 0.05) is 4.47 Å². The normalized spacial score (nSPS) is 12.4. The molecule has 0 spiro atoms. The minimum absolute atomic E-state index is 0.000949. The molecule has 0 radical (unpaired) electrons. The van der Waals surface area contributed by atoms with Crippen LogP contribution in [0.2, 0.25) is 0 Å². The summed E-state index contributed by atoms with van der Waals surface area (Å²) in [4.78, 5) is 0. The summed E-state index contributed by atoms with van der Waals surface area (Å²) in [6.07, 6.45) is 0. The van der Waals surface area contributed by atoms with E-state index in [-0.39, 0.29) is 12.5 Å². The van der Waals surface area contributed by atoms with Crippen LogP contribution in [-0.2, 0) is 0 Å². The first-order valence-electron chi connectivity index (χ1n) is 5.74. The number of ether oxygens (including phenoxy) is 1. The number of furan rings is 1. The summed E-state index contributed by atoms with van der Waals surface area (Å²) in [6.45, 7) is 2.27. The molecule has 3 nitrogen and oxygen atoms in total. The molecule has 1 heterocycles. The summed E-state index contributed by atoms with van der Waals surface area (Å²) in [5.74, 6) is 2.22. The smallest absolute Gasteiger partial charge is 0.120 e. The molecule has 0 aliphatic rings. The highest BCUT2D eigenvalue weighted by Crippen LogP contribution is 2.22. The predicted octanol–water partition coefficient (Wildman–Crippen LogP) is 3.51. The molecular formula is C14H15BrO3. The predicted molar refractivity (Wildman–Crippen MR) is 72.9 cm³/mol. The average molecular weight is 311 g/mol. The van der Waals surface area contributed by atoms with Crippen LogP contribution in [0.5, 0.6) is 5.75 Å². The second-order valence-electron chi connectivity index (χ2n) is 4.10. The molecule has 0 aliphatic carbocycles. The van der Waals surface area contributed by atoms with E-state index < -0.39 is 0 Å². The lowest BCUT2D eigenvalue weighted by Gasteiger charge is -2.13. The van der Waals surface area contributed by atoms with E-state index in [9.17, 15) is 5.11 Å². The number of benzene rings is 1. The van der Waals surface area contributed by atoms with Crippen molar-refractivity contribution in [2.75, 3.05) is 13.2 Å². The zero-order valence-electron chi connectivity index (χ0n) is 10.1. The number of aliphatic hydroxyl groups is 1. The third kappa shape index (κ3) is 3.37. The number of hydrogen-bond donors (Lipinski definition) is 1. The number of halogens is 1. The third-order valence-electron chi connectivity index (χ3n) is 2.63. The zero-order chi connectivity index (χ0) is 13.0. The summed E-state index contributed by atoms with van der Waals surface area (Å²) in [6, 6.07) is 11.4. The topological polar surface area (TPSA) is 42.6 Å². The van der Waals surface area contributed by atoms with E-state index >= 15 is 0 Å². The van der Waals surface area contributed by atoms with Gasteiger partial charge in [0.1, 0.15) is 23.9 Å². The van der Waals surface area contributed by atoms with Gasteiger partial charge in [-0.1, -0.05) is 22.0 Å². The minimum Gasteiger partial charge on any atom is -0.493 e. The first kappa shape index (κ1) is 13.2. The lowest BCUT2D eigenvalue weighted by Crippen LogP contribution is -2.13. The van der Waals surface area contributed by atoms with Gasteiger partial charge < -0.3 is 14.3 Å². The summed E-state index contributed by atoms with van der Waals surface area (Å²) < 4.78 is 12.1. The number of hydrogen-bond acceptors (Lipinski definition) is 3. The van der Waals surface area contributed by atoms with Gasteiger partial charge in [0.15, 0.2) is 0 Å². The van der Waals surface area contributed by atoms with Gasteiger partial charge >= 0.3 is 0 Å². The highest BCUT2D eigenvalue weighted by Gasteiger charge is 2.15. The van der Waals surface area contributed by atoms with E-state index in [0.29, 0.717) is 6.61 Å². The second kappa shape index (κ2) is 6.07. The van der Waals surface area contributed by atoms with Crippen molar-refractivity contribution in [1.29, 1.82) is 0 Å². The van der Waals surface area contributed by atoms with E-state index in [2.05, 4.69) is 15.9 Å². The molecule has 0 fully saturated rings. The second-order valence-corrected chi connectivity index (χ2v) is 5.01. The molecule has 2 aromatic rings. The van der Waals surface area contributed by atoms with Crippen LogP contribution in [0, 0.1) is 6.92 Å². The van der Waals surface area contributed by atoms with Crippen molar-refractivity contribution in [2.24, 2.45) is 0 Å². The summed E-state index contributed by atoms with van der Waals surface area (Å²) in [5.41, 5.74) is 0. The van der Waals surface area contributed by atoms with Gasteiger partial charge in [-0.15, -0.1) is 0 Å². The van der Waals surface area contributed by atoms with E-state index in [1.807, 2.05) is 43.3 Å². The minimum atomic E-state index is -0.141. The van der Waals surface area contributed by atoms with Gasteiger partial charge in [0.2, 0.25) is 0 Å². The fraction of sp³-hybridized carbons (Fsp3) is 0.286. The zero-order valence-corrected chi connectivity index (χ0v) is 11.7. The third-order valence-corrected chi connectivity index (χ3v) is 3.12. The van der Waals surface area contributed by atoms with E-state index in [1.165, 1.54) is 0 Å². The first-order chi connectivity index (χ1) is 8.69. The number of aliphatic hydroxyl groups excluding tert-OH is 1. The molecule has 1 N–H and O–H groups in total. The van der Waals surface area contributed by atoms with E-state index in [1.54, 1.807) is 0 Å². The summed E-state index contributed by atoms with van der Waals surface area (Å²) in [5, 5.41) is 9.37. The van der Waals surface area contributed by atoms with Crippen LogP contribution in [0.15, 0.2) is 45.3 Å². The standard InChI is InChI=1S/C14H15BrO3/c1-10-5-6-14(18-10)11(8-16)9-17-13-4-2-3-12(15)7-13/h2-7,11,16H,8-9H2,1H3.